The van der Waals surface area contributed by atoms with Crippen LogP contribution in [-0.4, -0.2) is 19.7 Å². The molecule has 0 radical (unpaired) electrons. The minimum atomic E-state index is 0.240. The van der Waals surface area contributed by atoms with Crippen LogP contribution in [0.2, 0.25) is 0 Å². The van der Waals surface area contributed by atoms with E-state index in [9.17, 15) is 0 Å². The van der Waals surface area contributed by atoms with E-state index < -0.39 is 0 Å². The zero-order chi connectivity index (χ0) is 32.3. The third-order valence-corrected chi connectivity index (χ3v) is 9.87. The normalized spacial score (nSPS) is 14.9. The van der Waals surface area contributed by atoms with Gasteiger partial charge in [0.05, 0.1) is 11.0 Å². The van der Waals surface area contributed by atoms with Crippen LogP contribution in [0.4, 0.5) is 0 Å². The second kappa shape index (κ2) is 11.1. The number of rotatable bonds is 5. The molecule has 5 heteroatoms. The molecule has 1 N–H and O–H groups in total. The SMILES string of the molecule is C1=C(c2ccccc2)CC(c2ccccc2)C=C1n1c2ccccc2c2c(-c3nnc(-c4ccc5c(c4)[nH]c4ccccc45)o3)cccc21. The first-order valence-electron chi connectivity index (χ1n) is 16.7. The van der Waals surface area contributed by atoms with Crippen molar-refractivity contribution in [3.63, 3.8) is 0 Å². The van der Waals surface area contributed by atoms with Gasteiger partial charge in [0.2, 0.25) is 11.8 Å². The molecule has 49 heavy (non-hydrogen) atoms. The van der Waals surface area contributed by atoms with Crippen LogP contribution in [0, 0.1) is 0 Å². The summed E-state index contributed by atoms with van der Waals surface area (Å²) in [6, 6.07) is 51.2. The quantitative estimate of drug-likeness (QED) is 0.206. The number of para-hydroxylation sites is 2. The van der Waals surface area contributed by atoms with E-state index in [1.807, 2.05) is 6.07 Å². The lowest BCUT2D eigenvalue weighted by Crippen LogP contribution is -2.07. The molecule has 0 spiro atoms. The molecular weight excluding hydrogens is 601 g/mol. The summed E-state index contributed by atoms with van der Waals surface area (Å²) in [5.74, 6) is 1.23. The molecule has 1 aliphatic carbocycles. The summed E-state index contributed by atoms with van der Waals surface area (Å²) in [5.41, 5.74) is 11.2. The van der Waals surface area contributed by atoms with Gasteiger partial charge in [-0.05, 0) is 65.6 Å². The molecule has 0 amide bonds. The maximum Gasteiger partial charge on any atom is 0.248 e. The molecule has 1 atom stereocenters. The van der Waals surface area contributed by atoms with E-state index in [0.717, 1.165) is 56.1 Å². The van der Waals surface area contributed by atoms with Gasteiger partial charge in [-0.3, -0.25) is 0 Å². The van der Waals surface area contributed by atoms with Gasteiger partial charge >= 0.3 is 0 Å². The van der Waals surface area contributed by atoms with Gasteiger partial charge in [-0.1, -0.05) is 115 Å². The zero-order valence-electron chi connectivity index (χ0n) is 26.5. The van der Waals surface area contributed by atoms with Crippen molar-refractivity contribution in [2.75, 3.05) is 0 Å². The number of H-pyrrole nitrogens is 1. The third kappa shape index (κ3) is 4.54. The fraction of sp³-hybridized carbons (Fsp3) is 0.0455. The van der Waals surface area contributed by atoms with Crippen LogP contribution in [0.25, 0.3) is 77.8 Å². The summed E-state index contributed by atoms with van der Waals surface area (Å²) in [6.45, 7) is 0. The Bertz CT molecular complexity index is 2750. The maximum absolute atomic E-state index is 6.47. The van der Waals surface area contributed by atoms with E-state index in [4.69, 9.17) is 4.42 Å². The van der Waals surface area contributed by atoms with Crippen molar-refractivity contribution < 1.29 is 4.42 Å². The summed E-state index contributed by atoms with van der Waals surface area (Å²) in [5, 5.41) is 13.8. The molecule has 232 valence electrons. The Morgan fingerprint density at radius 3 is 2.18 bits per heavy atom. The molecule has 3 heterocycles. The van der Waals surface area contributed by atoms with E-state index in [2.05, 4.69) is 171 Å². The van der Waals surface area contributed by atoms with Crippen LogP contribution < -0.4 is 0 Å². The predicted molar refractivity (Wildman–Crippen MR) is 200 cm³/mol. The van der Waals surface area contributed by atoms with E-state index in [0.29, 0.717) is 11.8 Å². The Balaban J connectivity index is 1.13. The molecule has 3 aromatic heterocycles. The summed E-state index contributed by atoms with van der Waals surface area (Å²) in [4.78, 5) is 3.53. The lowest BCUT2D eigenvalue weighted by atomic mass is 9.84. The first kappa shape index (κ1) is 27.6. The topological polar surface area (TPSA) is 59.6 Å². The number of hydrogen-bond acceptors (Lipinski definition) is 3. The van der Waals surface area contributed by atoms with Crippen LogP contribution in [0.1, 0.15) is 23.5 Å². The Morgan fingerprint density at radius 1 is 0.592 bits per heavy atom. The number of fused-ring (bicyclic) bond motifs is 6. The number of nitrogens with zero attached hydrogens (tertiary/aromatic N) is 3. The van der Waals surface area contributed by atoms with Crippen molar-refractivity contribution >= 4 is 54.9 Å². The average Bonchev–Trinajstić information content (AvgIpc) is 3.89. The van der Waals surface area contributed by atoms with Gasteiger partial charge in [-0.2, -0.15) is 0 Å². The summed E-state index contributed by atoms with van der Waals surface area (Å²) in [6.07, 6.45) is 5.72. The molecule has 1 unspecified atom stereocenters. The highest BCUT2D eigenvalue weighted by molar-refractivity contribution is 6.16. The van der Waals surface area contributed by atoms with Crippen molar-refractivity contribution in [3.8, 4) is 22.9 Å². The van der Waals surface area contributed by atoms with Gasteiger partial charge < -0.3 is 14.0 Å². The van der Waals surface area contributed by atoms with Crippen molar-refractivity contribution in [1.29, 1.82) is 0 Å². The number of hydrogen-bond donors (Lipinski definition) is 1. The van der Waals surface area contributed by atoms with Gasteiger partial charge in [0.1, 0.15) is 0 Å². The smallest absolute Gasteiger partial charge is 0.248 e. The van der Waals surface area contributed by atoms with Crippen LogP contribution in [-0.2, 0) is 0 Å². The minimum Gasteiger partial charge on any atom is -0.416 e. The van der Waals surface area contributed by atoms with Crippen LogP contribution in [0.15, 0.2) is 162 Å². The summed E-state index contributed by atoms with van der Waals surface area (Å²) in [7, 11) is 0. The fourth-order valence-electron chi connectivity index (χ4n) is 7.61. The zero-order valence-corrected chi connectivity index (χ0v) is 26.5. The second-order valence-electron chi connectivity index (χ2n) is 12.7. The Morgan fingerprint density at radius 2 is 1.31 bits per heavy atom. The second-order valence-corrected chi connectivity index (χ2v) is 12.7. The third-order valence-electron chi connectivity index (χ3n) is 9.87. The summed E-state index contributed by atoms with van der Waals surface area (Å²) >= 11 is 0. The lowest BCUT2D eigenvalue weighted by Gasteiger charge is -2.24. The standard InChI is InChI=1S/C44H30N4O/c1-3-12-28(13-4-1)31-24-32(29-14-5-2-6-15-29)26-33(25-31)48-40-20-10-8-17-36(40)42-37(18-11-21-41(42)48)44-47-46-43(49-44)30-22-23-35-34-16-7-9-19-38(34)45-39(35)27-30/h1-23,25-27,31,45H,24H2. The molecule has 5 nitrogen and oxygen atoms in total. The molecule has 1 aliphatic rings. The lowest BCUT2D eigenvalue weighted by molar-refractivity contribution is 0.585. The monoisotopic (exact) mass is 630 g/mol. The van der Waals surface area contributed by atoms with Crippen molar-refractivity contribution in [2.45, 2.75) is 12.3 Å². The summed E-state index contributed by atoms with van der Waals surface area (Å²) < 4.78 is 8.86. The van der Waals surface area contributed by atoms with Gasteiger partial charge in [-0.15, -0.1) is 10.2 Å². The highest BCUT2D eigenvalue weighted by atomic mass is 16.4. The first-order valence-corrected chi connectivity index (χ1v) is 16.7. The van der Waals surface area contributed by atoms with E-state index in [1.54, 1.807) is 0 Å². The van der Waals surface area contributed by atoms with Gasteiger partial charge in [-0.25, -0.2) is 0 Å². The highest BCUT2D eigenvalue weighted by Gasteiger charge is 2.24. The molecule has 0 saturated carbocycles. The van der Waals surface area contributed by atoms with Crippen molar-refractivity contribution in [3.05, 3.63) is 169 Å². The van der Waals surface area contributed by atoms with Crippen molar-refractivity contribution in [2.24, 2.45) is 0 Å². The number of benzene rings is 6. The average molecular weight is 631 g/mol. The Hall–Kier alpha value is -6.46. The predicted octanol–water partition coefficient (Wildman–Crippen LogP) is 11.3. The van der Waals surface area contributed by atoms with Crippen LogP contribution in [0.3, 0.4) is 0 Å². The molecule has 10 rings (SSSR count). The molecular formula is C44H30N4O. The molecule has 0 fully saturated rings. The Labute approximate surface area is 282 Å². The largest absolute Gasteiger partial charge is 0.416 e. The Kier molecular flexibility index (Phi) is 6.24. The van der Waals surface area contributed by atoms with Crippen LogP contribution >= 0.6 is 0 Å². The van der Waals surface area contributed by atoms with E-state index in [-0.39, 0.29) is 5.92 Å². The number of allylic oxidation sites excluding steroid dienone is 4. The minimum absolute atomic E-state index is 0.240. The van der Waals surface area contributed by atoms with E-state index in [1.165, 1.54) is 27.5 Å². The number of aromatic amines is 1. The number of nitrogens with one attached hydrogen (secondary N) is 1. The maximum atomic E-state index is 6.47. The molecule has 9 aromatic rings. The first-order chi connectivity index (χ1) is 24.3. The molecule has 0 bridgehead atoms. The van der Waals surface area contributed by atoms with Gasteiger partial charge in [0.25, 0.3) is 0 Å². The highest BCUT2D eigenvalue weighted by Crippen LogP contribution is 2.43. The molecule has 0 saturated heterocycles. The van der Waals surface area contributed by atoms with E-state index >= 15 is 0 Å². The van der Waals surface area contributed by atoms with Gasteiger partial charge in [0, 0.05) is 55.3 Å². The van der Waals surface area contributed by atoms with Gasteiger partial charge in [0.15, 0.2) is 0 Å². The van der Waals surface area contributed by atoms with Crippen molar-refractivity contribution in [1.82, 2.24) is 19.7 Å². The fourth-order valence-corrected chi connectivity index (χ4v) is 7.61. The molecule has 6 aromatic carbocycles. The number of aromatic nitrogens is 4. The van der Waals surface area contributed by atoms with Crippen LogP contribution in [0.5, 0.6) is 0 Å². The molecule has 0 aliphatic heterocycles.